The number of piperidine rings is 1. The minimum atomic E-state index is -0.102. The number of hydrogen-bond acceptors (Lipinski definition) is 4. The zero-order valence-corrected chi connectivity index (χ0v) is 13.6. The molecule has 0 aliphatic carbocycles. The van der Waals surface area contributed by atoms with E-state index in [1.165, 1.54) is 0 Å². The fourth-order valence-corrected chi connectivity index (χ4v) is 3.00. The van der Waals surface area contributed by atoms with E-state index in [0.717, 1.165) is 37.4 Å². The smallest absolute Gasteiger partial charge is 0.323 e. The van der Waals surface area contributed by atoms with Gasteiger partial charge in [-0.25, -0.2) is 9.78 Å². The molecule has 0 saturated carbocycles. The Morgan fingerprint density at radius 1 is 1.43 bits per heavy atom. The standard InChI is InChI=1S/C16H22N6O/c1-3-21-11-17-20-15(21)13-7-5-9-22(10-13)16(23)19-14-8-4-6-12(2)18-14/h4,6,8,11,13H,3,5,7,9-10H2,1-2H3,(H,18,19,23). The van der Waals surface area contributed by atoms with Gasteiger partial charge in [-0.1, -0.05) is 6.07 Å². The number of urea groups is 1. The Bertz CT molecular complexity index is 683. The van der Waals surface area contributed by atoms with Crippen molar-refractivity contribution >= 4 is 11.8 Å². The Hall–Kier alpha value is -2.44. The van der Waals surface area contributed by atoms with Gasteiger partial charge in [0.25, 0.3) is 0 Å². The Labute approximate surface area is 135 Å². The molecule has 0 spiro atoms. The van der Waals surface area contributed by atoms with E-state index in [0.29, 0.717) is 12.4 Å². The quantitative estimate of drug-likeness (QED) is 0.944. The van der Waals surface area contributed by atoms with Crippen molar-refractivity contribution in [2.24, 2.45) is 0 Å². The van der Waals surface area contributed by atoms with Gasteiger partial charge in [0.15, 0.2) is 0 Å². The minimum Gasteiger partial charge on any atom is -0.324 e. The van der Waals surface area contributed by atoms with Gasteiger partial charge >= 0.3 is 6.03 Å². The van der Waals surface area contributed by atoms with E-state index in [1.54, 1.807) is 12.4 Å². The van der Waals surface area contributed by atoms with Crippen LogP contribution < -0.4 is 5.32 Å². The number of aromatic nitrogens is 4. The molecule has 0 aromatic carbocycles. The van der Waals surface area contributed by atoms with Gasteiger partial charge in [-0.15, -0.1) is 10.2 Å². The van der Waals surface area contributed by atoms with E-state index >= 15 is 0 Å². The highest BCUT2D eigenvalue weighted by Gasteiger charge is 2.27. The van der Waals surface area contributed by atoms with Gasteiger partial charge in [-0.2, -0.15) is 0 Å². The van der Waals surface area contributed by atoms with Crippen LogP contribution in [0.25, 0.3) is 0 Å². The van der Waals surface area contributed by atoms with Crippen LogP contribution in [0.3, 0.4) is 0 Å². The molecule has 3 rings (SSSR count). The van der Waals surface area contributed by atoms with E-state index in [2.05, 4.69) is 27.4 Å². The molecule has 1 saturated heterocycles. The largest absolute Gasteiger partial charge is 0.324 e. The highest BCUT2D eigenvalue weighted by Crippen LogP contribution is 2.25. The number of nitrogens with one attached hydrogen (secondary N) is 1. The topological polar surface area (TPSA) is 75.9 Å². The molecule has 2 aromatic rings. The first-order chi connectivity index (χ1) is 11.2. The van der Waals surface area contributed by atoms with Crippen LogP contribution in [0.5, 0.6) is 0 Å². The first kappa shape index (κ1) is 15.5. The van der Waals surface area contributed by atoms with E-state index in [-0.39, 0.29) is 11.9 Å². The molecule has 1 atom stereocenters. The number of carbonyl (C=O) groups excluding carboxylic acids is 1. The highest BCUT2D eigenvalue weighted by molar-refractivity contribution is 5.88. The summed E-state index contributed by atoms with van der Waals surface area (Å²) in [6.07, 6.45) is 3.76. The maximum absolute atomic E-state index is 12.5. The number of rotatable bonds is 3. The molecule has 2 amide bonds. The van der Waals surface area contributed by atoms with Crippen LogP contribution in [0.2, 0.25) is 0 Å². The van der Waals surface area contributed by atoms with Gasteiger partial charge in [0.05, 0.1) is 0 Å². The van der Waals surface area contributed by atoms with E-state index in [1.807, 2.05) is 28.5 Å². The molecule has 0 radical (unpaired) electrons. The summed E-state index contributed by atoms with van der Waals surface area (Å²) in [5.74, 6) is 1.80. The molecule has 0 bridgehead atoms. The summed E-state index contributed by atoms with van der Waals surface area (Å²) in [5.41, 5.74) is 0.885. The molecule has 1 aliphatic heterocycles. The summed E-state index contributed by atoms with van der Waals surface area (Å²) >= 11 is 0. The maximum Gasteiger partial charge on any atom is 0.323 e. The number of anilines is 1. The summed E-state index contributed by atoms with van der Waals surface area (Å²) < 4.78 is 2.05. The predicted octanol–water partition coefficient (Wildman–Crippen LogP) is 2.41. The van der Waals surface area contributed by atoms with Gasteiger partial charge in [-0.05, 0) is 38.8 Å². The second-order valence-electron chi connectivity index (χ2n) is 5.85. The minimum absolute atomic E-state index is 0.102. The molecule has 3 heterocycles. The SMILES string of the molecule is CCn1cnnc1C1CCCN(C(=O)Nc2cccc(C)n2)C1. The van der Waals surface area contributed by atoms with Crippen molar-refractivity contribution in [3.8, 4) is 0 Å². The third-order valence-electron chi connectivity index (χ3n) is 4.18. The summed E-state index contributed by atoms with van der Waals surface area (Å²) in [7, 11) is 0. The normalized spacial score (nSPS) is 18.0. The van der Waals surface area contributed by atoms with Crippen LogP contribution in [-0.2, 0) is 6.54 Å². The number of likely N-dealkylation sites (tertiary alicyclic amines) is 1. The summed E-state index contributed by atoms with van der Waals surface area (Å²) in [6.45, 7) is 6.25. The van der Waals surface area contributed by atoms with E-state index in [9.17, 15) is 4.79 Å². The fourth-order valence-electron chi connectivity index (χ4n) is 3.00. The highest BCUT2D eigenvalue weighted by atomic mass is 16.2. The molecular formula is C16H22N6O. The zero-order chi connectivity index (χ0) is 16.2. The van der Waals surface area contributed by atoms with E-state index < -0.39 is 0 Å². The number of nitrogens with zero attached hydrogens (tertiary/aromatic N) is 5. The van der Waals surface area contributed by atoms with Crippen LogP contribution >= 0.6 is 0 Å². The second-order valence-corrected chi connectivity index (χ2v) is 5.85. The Balaban J connectivity index is 1.67. The second kappa shape index (κ2) is 6.76. The third-order valence-corrected chi connectivity index (χ3v) is 4.18. The molecule has 2 aromatic heterocycles. The van der Waals surface area contributed by atoms with Gasteiger partial charge in [-0.3, -0.25) is 5.32 Å². The molecule has 7 heteroatoms. The average Bonchev–Trinajstić information content (AvgIpc) is 3.03. The Kier molecular flexibility index (Phi) is 4.55. The predicted molar refractivity (Wildman–Crippen MR) is 87.2 cm³/mol. The van der Waals surface area contributed by atoms with Crippen LogP contribution in [0, 0.1) is 6.92 Å². The lowest BCUT2D eigenvalue weighted by molar-refractivity contribution is 0.190. The number of aryl methyl sites for hydroxylation is 2. The van der Waals surface area contributed by atoms with Crippen molar-refractivity contribution in [1.82, 2.24) is 24.6 Å². The fraction of sp³-hybridized carbons (Fsp3) is 0.500. The number of hydrogen-bond donors (Lipinski definition) is 1. The summed E-state index contributed by atoms with van der Waals surface area (Å²) in [4.78, 5) is 18.6. The average molecular weight is 314 g/mol. The third kappa shape index (κ3) is 3.49. The molecule has 1 fully saturated rings. The molecule has 23 heavy (non-hydrogen) atoms. The van der Waals surface area contributed by atoms with Crippen molar-refractivity contribution in [3.05, 3.63) is 36.0 Å². The van der Waals surface area contributed by atoms with Gasteiger partial charge < -0.3 is 9.47 Å². The molecule has 1 aliphatic rings. The first-order valence-corrected chi connectivity index (χ1v) is 8.04. The number of amides is 2. The molecule has 1 unspecified atom stereocenters. The van der Waals surface area contributed by atoms with Crippen molar-refractivity contribution in [2.75, 3.05) is 18.4 Å². The number of pyridine rings is 1. The Morgan fingerprint density at radius 3 is 3.09 bits per heavy atom. The van der Waals surface area contributed by atoms with Crippen molar-refractivity contribution < 1.29 is 4.79 Å². The van der Waals surface area contributed by atoms with Crippen molar-refractivity contribution in [2.45, 2.75) is 39.2 Å². The van der Waals surface area contributed by atoms with E-state index in [4.69, 9.17) is 0 Å². The lowest BCUT2D eigenvalue weighted by Crippen LogP contribution is -2.42. The molecule has 7 nitrogen and oxygen atoms in total. The van der Waals surface area contributed by atoms with Crippen LogP contribution in [-0.4, -0.2) is 43.8 Å². The molecular weight excluding hydrogens is 292 g/mol. The molecule has 122 valence electrons. The zero-order valence-electron chi connectivity index (χ0n) is 13.6. The first-order valence-electron chi connectivity index (χ1n) is 8.04. The van der Waals surface area contributed by atoms with Crippen molar-refractivity contribution in [1.29, 1.82) is 0 Å². The lowest BCUT2D eigenvalue weighted by Gasteiger charge is -2.32. The maximum atomic E-state index is 12.5. The van der Waals surface area contributed by atoms with Gasteiger partial charge in [0, 0.05) is 31.2 Å². The lowest BCUT2D eigenvalue weighted by atomic mass is 9.97. The number of carbonyl (C=O) groups is 1. The summed E-state index contributed by atoms with van der Waals surface area (Å²) in [5, 5.41) is 11.1. The Morgan fingerprint density at radius 2 is 2.30 bits per heavy atom. The van der Waals surface area contributed by atoms with Gasteiger partial charge in [0.2, 0.25) is 0 Å². The molecule has 1 N–H and O–H groups in total. The van der Waals surface area contributed by atoms with Gasteiger partial charge in [0.1, 0.15) is 18.0 Å². The van der Waals surface area contributed by atoms with Crippen LogP contribution in [0.15, 0.2) is 24.5 Å². The van der Waals surface area contributed by atoms with Crippen LogP contribution in [0.1, 0.15) is 37.2 Å². The van der Waals surface area contributed by atoms with Crippen LogP contribution in [0.4, 0.5) is 10.6 Å². The summed E-state index contributed by atoms with van der Waals surface area (Å²) in [6, 6.07) is 5.50. The monoisotopic (exact) mass is 314 g/mol. The van der Waals surface area contributed by atoms with Crippen molar-refractivity contribution in [3.63, 3.8) is 0 Å².